The highest BCUT2D eigenvalue weighted by Gasteiger charge is 2.26. The number of hydrogen-bond acceptors (Lipinski definition) is 8. The van der Waals surface area contributed by atoms with Crippen molar-refractivity contribution in [3.63, 3.8) is 0 Å². The average molecular weight is 824 g/mol. The van der Waals surface area contributed by atoms with Gasteiger partial charge in [-0.05, 0) is 51.4 Å². The third-order valence-electron chi connectivity index (χ3n) is 9.73. The average Bonchev–Trinajstić information content (AvgIpc) is 3.20. The molecule has 0 aliphatic heterocycles. The van der Waals surface area contributed by atoms with E-state index in [0.29, 0.717) is 6.42 Å². The van der Waals surface area contributed by atoms with Crippen LogP contribution in [0.15, 0.2) is 48.6 Å². The van der Waals surface area contributed by atoms with E-state index in [2.05, 4.69) is 62.5 Å². The maximum atomic E-state index is 12.6. The van der Waals surface area contributed by atoms with E-state index >= 15 is 0 Å². The van der Waals surface area contributed by atoms with Crippen LogP contribution in [-0.4, -0.2) is 49.3 Å². The van der Waals surface area contributed by atoms with Gasteiger partial charge in [0.05, 0.1) is 13.2 Å². The summed E-state index contributed by atoms with van der Waals surface area (Å²) in [7, 11) is -4.39. The van der Waals surface area contributed by atoms with Crippen molar-refractivity contribution in [3.05, 3.63) is 48.6 Å². The standard InChI is InChI=1S/C47H86NO8P/c1-3-5-7-9-11-13-15-17-19-21-22-24-25-27-29-31-33-35-37-39-46(49)53-43-45(44-55-57(51,52)54-42-41-48)56-47(50)40-38-36-34-32-30-28-26-23-20-18-16-14-12-10-8-6-4-2/h6,8,12,14,18,20,26,28,45H,3-5,7,9-11,13,15-17,19,21-25,27,29-44,48H2,1-2H3,(H,51,52). The summed E-state index contributed by atoms with van der Waals surface area (Å²) in [5, 5.41) is 0. The molecule has 0 aliphatic carbocycles. The van der Waals surface area contributed by atoms with E-state index < -0.39 is 26.5 Å². The van der Waals surface area contributed by atoms with Crippen LogP contribution in [0.25, 0.3) is 0 Å². The smallest absolute Gasteiger partial charge is 0.462 e. The first-order valence-electron chi connectivity index (χ1n) is 23.1. The second-order valence-corrected chi connectivity index (χ2v) is 16.7. The Labute approximate surface area is 349 Å². The minimum atomic E-state index is -4.39. The number of hydrogen-bond donors (Lipinski definition) is 2. The molecular weight excluding hydrogens is 737 g/mol. The highest BCUT2D eigenvalue weighted by molar-refractivity contribution is 7.47. The summed E-state index contributed by atoms with van der Waals surface area (Å²) in [5.41, 5.74) is 5.35. The predicted octanol–water partition coefficient (Wildman–Crippen LogP) is 13.5. The van der Waals surface area contributed by atoms with E-state index in [-0.39, 0.29) is 38.6 Å². The van der Waals surface area contributed by atoms with Gasteiger partial charge in [-0.3, -0.25) is 18.6 Å². The first kappa shape index (κ1) is 55.0. The van der Waals surface area contributed by atoms with Crippen molar-refractivity contribution >= 4 is 19.8 Å². The molecule has 0 fully saturated rings. The summed E-state index contributed by atoms with van der Waals surface area (Å²) < 4.78 is 32.8. The Bertz CT molecular complexity index is 1080. The Hall–Kier alpha value is -2.03. The number of unbranched alkanes of at least 4 members (excludes halogenated alkanes) is 22. The van der Waals surface area contributed by atoms with Gasteiger partial charge in [-0.2, -0.15) is 0 Å². The maximum Gasteiger partial charge on any atom is 0.472 e. The molecule has 0 aliphatic rings. The lowest BCUT2D eigenvalue weighted by molar-refractivity contribution is -0.161. The topological polar surface area (TPSA) is 134 Å². The number of phosphoric ester groups is 1. The molecule has 0 saturated carbocycles. The molecule has 0 aromatic rings. The van der Waals surface area contributed by atoms with Gasteiger partial charge in [0.2, 0.25) is 0 Å². The molecule has 0 spiro atoms. The number of ether oxygens (including phenoxy) is 2. The van der Waals surface area contributed by atoms with E-state index in [0.717, 1.165) is 70.6 Å². The molecule has 57 heavy (non-hydrogen) atoms. The highest BCUT2D eigenvalue weighted by atomic mass is 31.2. The van der Waals surface area contributed by atoms with Gasteiger partial charge >= 0.3 is 19.8 Å². The van der Waals surface area contributed by atoms with Gasteiger partial charge in [0, 0.05) is 19.4 Å². The second-order valence-electron chi connectivity index (χ2n) is 15.2. The van der Waals surface area contributed by atoms with Gasteiger partial charge in [-0.1, -0.05) is 191 Å². The Morgan fingerprint density at radius 2 is 0.965 bits per heavy atom. The summed E-state index contributed by atoms with van der Waals surface area (Å²) >= 11 is 0. The normalized spacial score (nSPS) is 13.7. The molecule has 3 N–H and O–H groups in total. The lowest BCUT2D eigenvalue weighted by Gasteiger charge is -2.19. The molecule has 2 atom stereocenters. The predicted molar refractivity (Wildman–Crippen MR) is 238 cm³/mol. The van der Waals surface area contributed by atoms with Gasteiger partial charge in [-0.15, -0.1) is 0 Å². The lowest BCUT2D eigenvalue weighted by atomic mass is 10.0. The third-order valence-corrected chi connectivity index (χ3v) is 10.7. The Morgan fingerprint density at radius 1 is 0.544 bits per heavy atom. The molecule has 0 aromatic carbocycles. The number of rotatable bonds is 43. The second kappa shape index (κ2) is 43.5. The van der Waals surface area contributed by atoms with Crippen molar-refractivity contribution in [1.29, 1.82) is 0 Å². The van der Waals surface area contributed by atoms with E-state index in [4.69, 9.17) is 24.3 Å². The zero-order chi connectivity index (χ0) is 41.8. The number of allylic oxidation sites excluding steroid dienone is 8. The zero-order valence-corrected chi connectivity index (χ0v) is 37.5. The minimum Gasteiger partial charge on any atom is -0.462 e. The monoisotopic (exact) mass is 824 g/mol. The van der Waals surface area contributed by atoms with Crippen LogP contribution in [0, 0.1) is 0 Å². The van der Waals surface area contributed by atoms with Crippen molar-refractivity contribution < 1.29 is 37.6 Å². The summed E-state index contributed by atoms with van der Waals surface area (Å²) in [6.45, 7) is 3.61. The molecule has 0 rings (SSSR count). The third kappa shape index (κ3) is 43.4. The molecule has 2 unspecified atom stereocenters. The molecule has 0 bridgehead atoms. The van der Waals surface area contributed by atoms with Crippen LogP contribution in [0.2, 0.25) is 0 Å². The maximum absolute atomic E-state index is 12.6. The minimum absolute atomic E-state index is 0.0485. The Kier molecular flexibility index (Phi) is 42.0. The molecule has 0 heterocycles. The van der Waals surface area contributed by atoms with Gasteiger partial charge in [0.1, 0.15) is 6.61 Å². The van der Waals surface area contributed by atoms with Crippen LogP contribution in [0.5, 0.6) is 0 Å². The number of esters is 2. The molecule has 0 amide bonds. The molecule has 10 heteroatoms. The van der Waals surface area contributed by atoms with Crippen LogP contribution in [0.3, 0.4) is 0 Å². The summed E-state index contributed by atoms with van der Waals surface area (Å²) in [4.78, 5) is 34.9. The van der Waals surface area contributed by atoms with E-state index in [1.165, 1.54) is 103 Å². The van der Waals surface area contributed by atoms with E-state index in [1.807, 2.05) is 0 Å². The van der Waals surface area contributed by atoms with E-state index in [9.17, 15) is 19.0 Å². The summed E-state index contributed by atoms with van der Waals surface area (Å²) in [6.07, 6.45) is 50.0. The fourth-order valence-electron chi connectivity index (χ4n) is 6.33. The lowest BCUT2D eigenvalue weighted by Crippen LogP contribution is -2.29. The fourth-order valence-corrected chi connectivity index (χ4v) is 7.10. The van der Waals surface area contributed by atoms with Crippen LogP contribution in [-0.2, 0) is 32.7 Å². The zero-order valence-electron chi connectivity index (χ0n) is 36.6. The van der Waals surface area contributed by atoms with Crippen molar-refractivity contribution in [2.45, 2.75) is 213 Å². The van der Waals surface area contributed by atoms with Gasteiger partial charge in [-0.25, -0.2) is 4.57 Å². The molecule has 0 aromatic heterocycles. The molecule has 0 radical (unpaired) electrons. The van der Waals surface area contributed by atoms with Crippen LogP contribution >= 0.6 is 7.82 Å². The van der Waals surface area contributed by atoms with Crippen molar-refractivity contribution in [2.24, 2.45) is 5.73 Å². The highest BCUT2D eigenvalue weighted by Crippen LogP contribution is 2.43. The van der Waals surface area contributed by atoms with Crippen molar-refractivity contribution in [2.75, 3.05) is 26.4 Å². The largest absolute Gasteiger partial charge is 0.472 e. The van der Waals surface area contributed by atoms with Gasteiger partial charge in [0.15, 0.2) is 6.10 Å². The van der Waals surface area contributed by atoms with Crippen LogP contribution < -0.4 is 5.73 Å². The Morgan fingerprint density at radius 3 is 1.44 bits per heavy atom. The molecular formula is C47H86NO8P. The van der Waals surface area contributed by atoms with E-state index in [1.54, 1.807) is 0 Å². The number of phosphoric acid groups is 1. The Balaban J connectivity index is 4.13. The first-order chi connectivity index (χ1) is 27.8. The SMILES string of the molecule is CCC=CCC=CCC=CCC=CCCCCCCC(=O)OC(COC(=O)CCCCCCCCCCCCCCCCCCCCC)COP(=O)(O)OCCN. The van der Waals surface area contributed by atoms with Crippen LogP contribution in [0.1, 0.15) is 206 Å². The van der Waals surface area contributed by atoms with Gasteiger partial charge < -0.3 is 20.1 Å². The molecule has 0 saturated heterocycles. The quantitative estimate of drug-likeness (QED) is 0.0267. The van der Waals surface area contributed by atoms with Crippen LogP contribution in [0.4, 0.5) is 0 Å². The van der Waals surface area contributed by atoms with Crippen molar-refractivity contribution in [1.82, 2.24) is 0 Å². The number of carbonyl (C=O) groups is 2. The first-order valence-corrected chi connectivity index (χ1v) is 24.6. The number of carbonyl (C=O) groups excluding carboxylic acids is 2. The summed E-state index contributed by atoms with van der Waals surface area (Å²) in [6, 6.07) is 0. The van der Waals surface area contributed by atoms with Crippen molar-refractivity contribution in [3.8, 4) is 0 Å². The molecule has 332 valence electrons. The fraction of sp³-hybridized carbons (Fsp3) is 0.787. The number of nitrogens with two attached hydrogens (primary N) is 1. The van der Waals surface area contributed by atoms with Gasteiger partial charge in [0.25, 0.3) is 0 Å². The summed E-state index contributed by atoms with van der Waals surface area (Å²) in [5.74, 6) is -0.851. The molecule has 9 nitrogen and oxygen atoms in total.